The van der Waals surface area contributed by atoms with Crippen molar-refractivity contribution in [1.82, 2.24) is 0 Å². The fourth-order valence-electron chi connectivity index (χ4n) is 1.32. The quantitative estimate of drug-likeness (QED) is 0.692. The fraction of sp³-hybridized carbons (Fsp3) is 0.400. The van der Waals surface area contributed by atoms with Crippen LogP contribution in [0.4, 0.5) is 0 Å². The number of thioether (sulfide) groups is 1. The van der Waals surface area contributed by atoms with Crippen molar-refractivity contribution in [3.8, 4) is 5.75 Å². The molecule has 1 heterocycles. The zero-order valence-corrected chi connectivity index (χ0v) is 7.93. The van der Waals surface area contributed by atoms with Crippen molar-refractivity contribution in [3.05, 3.63) is 29.8 Å². The number of hydrogen-bond donors (Lipinski definition) is 0. The van der Waals surface area contributed by atoms with Crippen LogP contribution in [0.2, 0.25) is 0 Å². The van der Waals surface area contributed by atoms with E-state index in [2.05, 4.69) is 12.1 Å². The number of methoxy groups -OCH3 is 1. The van der Waals surface area contributed by atoms with Crippen molar-refractivity contribution < 1.29 is 4.74 Å². The molecule has 0 N–H and O–H groups in total. The average molecular weight is 180 g/mol. The molecule has 1 saturated heterocycles. The molecule has 0 bridgehead atoms. The lowest BCUT2D eigenvalue weighted by molar-refractivity contribution is 0.414. The Kier molecular flexibility index (Phi) is 2.26. The van der Waals surface area contributed by atoms with Gasteiger partial charge in [-0.3, -0.25) is 0 Å². The third-order valence-electron chi connectivity index (χ3n) is 2.19. The molecule has 2 heteroatoms. The van der Waals surface area contributed by atoms with Crippen LogP contribution in [0.3, 0.4) is 0 Å². The lowest BCUT2D eigenvalue weighted by Gasteiger charge is -2.25. The molecule has 12 heavy (non-hydrogen) atoms. The first-order valence-electron chi connectivity index (χ1n) is 4.16. The third-order valence-corrected chi connectivity index (χ3v) is 3.57. The van der Waals surface area contributed by atoms with Gasteiger partial charge in [-0.2, -0.15) is 11.8 Å². The first-order valence-corrected chi connectivity index (χ1v) is 5.20. The van der Waals surface area contributed by atoms with Gasteiger partial charge in [-0.25, -0.2) is 0 Å². The summed E-state index contributed by atoms with van der Waals surface area (Å²) < 4.78 is 5.09. The van der Waals surface area contributed by atoms with E-state index in [-0.39, 0.29) is 0 Å². The van der Waals surface area contributed by atoms with Crippen molar-refractivity contribution in [2.75, 3.05) is 12.9 Å². The molecule has 1 aliphatic heterocycles. The van der Waals surface area contributed by atoms with Crippen molar-refractivity contribution in [1.29, 1.82) is 0 Å². The Hall–Kier alpha value is -0.630. The fourth-order valence-corrected chi connectivity index (χ4v) is 2.14. The van der Waals surface area contributed by atoms with E-state index in [1.165, 1.54) is 17.7 Å². The maximum absolute atomic E-state index is 5.09. The molecule has 0 saturated carbocycles. The highest BCUT2D eigenvalue weighted by Gasteiger charge is 2.19. The summed E-state index contributed by atoms with van der Waals surface area (Å²) in [6, 6.07) is 8.40. The van der Waals surface area contributed by atoms with Crippen molar-refractivity contribution >= 4 is 11.8 Å². The van der Waals surface area contributed by atoms with Gasteiger partial charge >= 0.3 is 0 Å². The topological polar surface area (TPSA) is 9.23 Å². The minimum absolute atomic E-state index is 0.746. The maximum atomic E-state index is 5.09. The zero-order chi connectivity index (χ0) is 8.39. The Morgan fingerprint density at radius 2 is 2.00 bits per heavy atom. The molecule has 1 unspecified atom stereocenters. The second-order valence-corrected chi connectivity index (χ2v) is 4.23. The monoisotopic (exact) mass is 180 g/mol. The van der Waals surface area contributed by atoms with Gasteiger partial charge in [0.15, 0.2) is 0 Å². The van der Waals surface area contributed by atoms with Gasteiger partial charge in [0.25, 0.3) is 0 Å². The molecule has 0 aliphatic carbocycles. The summed E-state index contributed by atoms with van der Waals surface area (Å²) in [5, 5.41) is 0.746. The molecule has 0 amide bonds. The Morgan fingerprint density at radius 3 is 2.42 bits per heavy atom. The Morgan fingerprint density at radius 1 is 1.33 bits per heavy atom. The normalized spacial score (nSPS) is 21.6. The molecular formula is C10H12OS. The summed E-state index contributed by atoms with van der Waals surface area (Å²) >= 11 is 2.03. The minimum atomic E-state index is 0.746. The van der Waals surface area contributed by atoms with Crippen LogP contribution in [-0.4, -0.2) is 12.9 Å². The number of hydrogen-bond acceptors (Lipinski definition) is 2. The van der Waals surface area contributed by atoms with Crippen LogP contribution in [0.15, 0.2) is 24.3 Å². The van der Waals surface area contributed by atoms with Gasteiger partial charge < -0.3 is 4.74 Å². The molecule has 0 aromatic heterocycles. The molecule has 2 rings (SSSR count). The van der Waals surface area contributed by atoms with Crippen LogP contribution in [0.5, 0.6) is 5.75 Å². The van der Waals surface area contributed by atoms with Crippen LogP contribution < -0.4 is 4.74 Å². The van der Waals surface area contributed by atoms with Crippen LogP contribution in [0.25, 0.3) is 0 Å². The van der Waals surface area contributed by atoms with E-state index in [0.717, 1.165) is 11.0 Å². The van der Waals surface area contributed by atoms with Gasteiger partial charge in [-0.15, -0.1) is 0 Å². The highest BCUT2D eigenvalue weighted by molar-refractivity contribution is 8.00. The molecule has 0 radical (unpaired) electrons. The van der Waals surface area contributed by atoms with E-state index >= 15 is 0 Å². The standard InChI is InChI=1S/C10H12OS/c1-11-9-4-2-8(3-5-9)10-6-7-12-10/h2-5,10H,6-7H2,1H3. The van der Waals surface area contributed by atoms with E-state index in [9.17, 15) is 0 Å². The number of ether oxygens (including phenoxy) is 1. The smallest absolute Gasteiger partial charge is 0.118 e. The van der Waals surface area contributed by atoms with E-state index in [1.54, 1.807) is 7.11 Å². The first kappa shape index (κ1) is 7.99. The second kappa shape index (κ2) is 3.40. The van der Waals surface area contributed by atoms with Crippen LogP contribution in [-0.2, 0) is 0 Å². The highest BCUT2D eigenvalue weighted by Crippen LogP contribution is 2.42. The molecule has 1 aromatic rings. The number of benzene rings is 1. The molecule has 64 valence electrons. The molecule has 1 nitrogen and oxygen atoms in total. The zero-order valence-electron chi connectivity index (χ0n) is 7.12. The van der Waals surface area contributed by atoms with Gasteiger partial charge in [-0.1, -0.05) is 12.1 Å². The van der Waals surface area contributed by atoms with Gasteiger partial charge in [-0.05, 0) is 29.9 Å². The highest BCUT2D eigenvalue weighted by atomic mass is 32.2. The van der Waals surface area contributed by atoms with E-state index in [1.807, 2.05) is 23.9 Å². The Labute approximate surface area is 77.1 Å². The van der Waals surface area contributed by atoms with Crippen LogP contribution in [0.1, 0.15) is 17.2 Å². The third kappa shape index (κ3) is 1.44. The summed E-state index contributed by atoms with van der Waals surface area (Å²) in [5.74, 6) is 2.26. The predicted molar refractivity (Wildman–Crippen MR) is 52.8 cm³/mol. The van der Waals surface area contributed by atoms with E-state index < -0.39 is 0 Å². The lowest BCUT2D eigenvalue weighted by Crippen LogP contribution is -2.06. The van der Waals surface area contributed by atoms with Crippen molar-refractivity contribution in [3.63, 3.8) is 0 Å². The SMILES string of the molecule is COc1ccc(C2CCS2)cc1. The minimum Gasteiger partial charge on any atom is -0.497 e. The second-order valence-electron chi connectivity index (χ2n) is 2.92. The lowest BCUT2D eigenvalue weighted by atomic mass is 10.1. The molecule has 1 fully saturated rings. The predicted octanol–water partition coefficient (Wildman–Crippen LogP) is 2.87. The molecule has 1 aliphatic rings. The maximum Gasteiger partial charge on any atom is 0.118 e. The van der Waals surface area contributed by atoms with Gasteiger partial charge in [0.1, 0.15) is 5.75 Å². The van der Waals surface area contributed by atoms with Crippen molar-refractivity contribution in [2.24, 2.45) is 0 Å². The number of rotatable bonds is 2. The summed E-state index contributed by atoms with van der Waals surface area (Å²) in [5.41, 5.74) is 1.44. The van der Waals surface area contributed by atoms with E-state index in [4.69, 9.17) is 4.74 Å². The van der Waals surface area contributed by atoms with Crippen molar-refractivity contribution in [2.45, 2.75) is 11.7 Å². The van der Waals surface area contributed by atoms with Crippen LogP contribution >= 0.6 is 11.8 Å². The van der Waals surface area contributed by atoms with E-state index in [0.29, 0.717) is 0 Å². The van der Waals surface area contributed by atoms with Gasteiger partial charge in [0, 0.05) is 5.25 Å². The average Bonchev–Trinajstić information content (AvgIpc) is 2.03. The largest absolute Gasteiger partial charge is 0.497 e. The Bertz CT molecular complexity index is 251. The van der Waals surface area contributed by atoms with Gasteiger partial charge in [0.05, 0.1) is 7.11 Å². The first-order chi connectivity index (χ1) is 5.90. The molecular weight excluding hydrogens is 168 g/mol. The molecule has 1 atom stereocenters. The van der Waals surface area contributed by atoms with Gasteiger partial charge in [0.2, 0.25) is 0 Å². The van der Waals surface area contributed by atoms with Crippen LogP contribution in [0, 0.1) is 0 Å². The molecule has 1 aromatic carbocycles. The Balaban J connectivity index is 2.13. The molecule has 0 spiro atoms. The summed E-state index contributed by atoms with van der Waals surface area (Å²) in [7, 11) is 1.70. The summed E-state index contributed by atoms with van der Waals surface area (Å²) in [6.45, 7) is 0. The summed E-state index contributed by atoms with van der Waals surface area (Å²) in [6.07, 6.45) is 1.33. The summed E-state index contributed by atoms with van der Waals surface area (Å²) in [4.78, 5) is 0.